The number of carbonyl (C=O) groups is 1. The van der Waals surface area contributed by atoms with Crippen molar-refractivity contribution in [2.24, 2.45) is 0 Å². The molecule has 2 nitrogen and oxygen atoms in total. The Bertz CT molecular complexity index is 171. The Labute approximate surface area is 80.3 Å². The normalized spacial score (nSPS) is 10.2. The number of allylic oxidation sites excluding steroid dienone is 2. The average Bonchev–Trinajstić information content (AvgIpc) is 2.09. The molecular weight excluding hydrogens is 164 g/mol. The van der Waals surface area contributed by atoms with Crippen LogP contribution in [-0.4, -0.2) is 12.6 Å². The van der Waals surface area contributed by atoms with E-state index in [1.54, 1.807) is 0 Å². The Morgan fingerprint density at radius 1 is 1.31 bits per heavy atom. The minimum absolute atomic E-state index is 0.208. The molecule has 0 aromatic rings. The molecule has 0 saturated carbocycles. The molecule has 0 saturated heterocycles. The van der Waals surface area contributed by atoms with Gasteiger partial charge in [-0.2, -0.15) is 0 Å². The molecule has 0 amide bonds. The van der Waals surface area contributed by atoms with E-state index in [0.717, 1.165) is 25.7 Å². The summed E-state index contributed by atoms with van der Waals surface area (Å²) in [5.41, 5.74) is 0. The molecule has 0 aromatic heterocycles. The minimum Gasteiger partial charge on any atom is -0.466 e. The predicted octanol–water partition coefficient (Wildman–Crippen LogP) is 2.85. The van der Waals surface area contributed by atoms with Crippen LogP contribution in [0, 0.1) is 0 Å². The third-order valence-corrected chi connectivity index (χ3v) is 1.54. The van der Waals surface area contributed by atoms with Crippen LogP contribution in [0.25, 0.3) is 0 Å². The van der Waals surface area contributed by atoms with Crippen LogP contribution in [0.4, 0.5) is 0 Å². The van der Waals surface area contributed by atoms with E-state index < -0.39 is 0 Å². The molecule has 0 bridgehead atoms. The maximum Gasteiger partial charge on any atom is 0.302 e. The molecule has 74 valence electrons. The van der Waals surface area contributed by atoms with Crippen LogP contribution in [0.2, 0.25) is 0 Å². The lowest BCUT2D eigenvalue weighted by molar-refractivity contribution is -0.140. The third-order valence-electron chi connectivity index (χ3n) is 1.54. The summed E-state index contributed by atoms with van der Waals surface area (Å²) < 4.78 is 4.76. The highest BCUT2D eigenvalue weighted by atomic mass is 16.5. The van der Waals surface area contributed by atoms with Crippen molar-refractivity contribution < 1.29 is 9.53 Å². The molecule has 0 aliphatic heterocycles. The summed E-state index contributed by atoms with van der Waals surface area (Å²) in [6.07, 6.45) is 10.2. The second-order valence-electron chi connectivity index (χ2n) is 2.82. The number of unbranched alkanes of at least 4 members (excludes halogenated alkanes) is 2. The summed E-state index contributed by atoms with van der Waals surface area (Å²) in [6.45, 7) is 5.56. The van der Waals surface area contributed by atoms with Gasteiger partial charge in [0.05, 0.1) is 6.61 Å². The molecule has 0 atom stereocenters. The SMILES string of the molecule is C=CCCCC=CCCOC(C)=O. The molecule has 0 rings (SSSR count). The smallest absolute Gasteiger partial charge is 0.302 e. The van der Waals surface area contributed by atoms with Gasteiger partial charge in [0.15, 0.2) is 0 Å². The van der Waals surface area contributed by atoms with Gasteiger partial charge < -0.3 is 4.74 Å². The van der Waals surface area contributed by atoms with Crippen LogP contribution in [0.5, 0.6) is 0 Å². The monoisotopic (exact) mass is 182 g/mol. The van der Waals surface area contributed by atoms with Gasteiger partial charge in [0, 0.05) is 6.92 Å². The van der Waals surface area contributed by atoms with E-state index >= 15 is 0 Å². The quantitative estimate of drug-likeness (QED) is 0.344. The van der Waals surface area contributed by atoms with Crippen molar-refractivity contribution >= 4 is 5.97 Å². The van der Waals surface area contributed by atoms with E-state index in [-0.39, 0.29) is 5.97 Å². The van der Waals surface area contributed by atoms with Gasteiger partial charge >= 0.3 is 5.97 Å². The van der Waals surface area contributed by atoms with Crippen molar-refractivity contribution in [3.05, 3.63) is 24.8 Å². The first kappa shape index (κ1) is 11.9. The van der Waals surface area contributed by atoms with Crippen molar-refractivity contribution in [1.29, 1.82) is 0 Å². The molecule has 0 radical (unpaired) electrons. The van der Waals surface area contributed by atoms with E-state index in [1.165, 1.54) is 6.92 Å². The predicted molar refractivity (Wildman–Crippen MR) is 54.4 cm³/mol. The maximum absolute atomic E-state index is 10.4. The summed E-state index contributed by atoms with van der Waals surface area (Å²) >= 11 is 0. The number of ether oxygens (including phenoxy) is 1. The van der Waals surface area contributed by atoms with Gasteiger partial charge in [0.25, 0.3) is 0 Å². The first-order valence-electron chi connectivity index (χ1n) is 4.66. The second kappa shape index (κ2) is 9.04. The molecule has 0 heterocycles. The number of esters is 1. The zero-order valence-electron chi connectivity index (χ0n) is 8.29. The highest BCUT2D eigenvalue weighted by Crippen LogP contribution is 1.97. The van der Waals surface area contributed by atoms with Crippen molar-refractivity contribution in [2.45, 2.75) is 32.6 Å². The Kier molecular flexibility index (Phi) is 8.31. The van der Waals surface area contributed by atoms with Gasteiger partial charge in [-0.15, -0.1) is 6.58 Å². The maximum atomic E-state index is 10.4. The van der Waals surface area contributed by atoms with Gasteiger partial charge in [-0.25, -0.2) is 0 Å². The van der Waals surface area contributed by atoms with Gasteiger partial charge in [0.2, 0.25) is 0 Å². The Balaban J connectivity index is 3.12. The summed E-state index contributed by atoms with van der Waals surface area (Å²) in [5, 5.41) is 0. The lowest BCUT2D eigenvalue weighted by atomic mass is 10.2. The molecule has 0 aromatic carbocycles. The fourth-order valence-electron chi connectivity index (χ4n) is 0.886. The molecule has 2 heteroatoms. The molecule has 0 N–H and O–H groups in total. The first-order chi connectivity index (χ1) is 6.27. The van der Waals surface area contributed by atoms with Crippen LogP contribution in [0.3, 0.4) is 0 Å². The fourth-order valence-corrected chi connectivity index (χ4v) is 0.886. The van der Waals surface area contributed by atoms with Gasteiger partial charge in [0.1, 0.15) is 0 Å². The molecule has 0 unspecified atom stereocenters. The Morgan fingerprint density at radius 2 is 2.00 bits per heavy atom. The minimum atomic E-state index is -0.208. The number of hydrogen-bond donors (Lipinski definition) is 0. The number of hydrogen-bond acceptors (Lipinski definition) is 2. The number of carbonyl (C=O) groups excluding carboxylic acids is 1. The van der Waals surface area contributed by atoms with Crippen LogP contribution < -0.4 is 0 Å². The Hall–Kier alpha value is -1.05. The summed E-state index contributed by atoms with van der Waals surface area (Å²) in [5.74, 6) is -0.208. The Morgan fingerprint density at radius 3 is 2.62 bits per heavy atom. The van der Waals surface area contributed by atoms with Gasteiger partial charge in [-0.3, -0.25) is 4.79 Å². The van der Waals surface area contributed by atoms with E-state index in [1.807, 2.05) is 12.2 Å². The highest BCUT2D eigenvalue weighted by molar-refractivity contribution is 5.65. The number of rotatable bonds is 7. The highest BCUT2D eigenvalue weighted by Gasteiger charge is 1.88. The third kappa shape index (κ3) is 10.9. The molecule has 13 heavy (non-hydrogen) atoms. The lowest BCUT2D eigenvalue weighted by Gasteiger charge is -1.96. The fraction of sp³-hybridized carbons (Fsp3) is 0.545. The zero-order valence-corrected chi connectivity index (χ0v) is 8.29. The molecule has 0 aliphatic carbocycles. The van der Waals surface area contributed by atoms with Gasteiger partial charge in [-0.1, -0.05) is 18.2 Å². The van der Waals surface area contributed by atoms with Gasteiger partial charge in [-0.05, 0) is 25.7 Å². The summed E-state index contributed by atoms with van der Waals surface area (Å²) in [7, 11) is 0. The standard InChI is InChI=1S/C11H18O2/c1-3-4-5-6-7-8-9-10-13-11(2)12/h3,7-8H,1,4-6,9-10H2,2H3. The lowest BCUT2D eigenvalue weighted by Crippen LogP contribution is -1.98. The van der Waals surface area contributed by atoms with Crippen LogP contribution in [-0.2, 0) is 9.53 Å². The van der Waals surface area contributed by atoms with E-state index in [9.17, 15) is 4.79 Å². The largest absolute Gasteiger partial charge is 0.466 e. The van der Waals surface area contributed by atoms with E-state index in [2.05, 4.69) is 12.7 Å². The molecule has 0 spiro atoms. The van der Waals surface area contributed by atoms with Crippen molar-refractivity contribution in [3.63, 3.8) is 0 Å². The zero-order chi connectivity index (χ0) is 9.94. The molecule has 0 fully saturated rings. The van der Waals surface area contributed by atoms with Crippen LogP contribution in [0.15, 0.2) is 24.8 Å². The molecule has 0 aliphatic rings. The van der Waals surface area contributed by atoms with Crippen molar-refractivity contribution in [3.8, 4) is 0 Å². The summed E-state index contributed by atoms with van der Waals surface area (Å²) in [4.78, 5) is 10.4. The van der Waals surface area contributed by atoms with E-state index in [4.69, 9.17) is 4.74 Å². The first-order valence-corrected chi connectivity index (χ1v) is 4.66. The molecular formula is C11H18O2. The summed E-state index contributed by atoms with van der Waals surface area (Å²) in [6, 6.07) is 0. The van der Waals surface area contributed by atoms with Crippen molar-refractivity contribution in [1.82, 2.24) is 0 Å². The van der Waals surface area contributed by atoms with E-state index in [0.29, 0.717) is 6.61 Å². The van der Waals surface area contributed by atoms with Crippen LogP contribution >= 0.6 is 0 Å². The van der Waals surface area contributed by atoms with Crippen molar-refractivity contribution in [2.75, 3.05) is 6.61 Å². The topological polar surface area (TPSA) is 26.3 Å². The second-order valence-corrected chi connectivity index (χ2v) is 2.82. The van der Waals surface area contributed by atoms with Crippen LogP contribution in [0.1, 0.15) is 32.6 Å². The average molecular weight is 182 g/mol.